The van der Waals surface area contributed by atoms with E-state index in [1.165, 1.54) is 12.3 Å². The average molecular weight is 211 g/mol. The molecular weight excluding hydrogens is 204 g/mol. The quantitative estimate of drug-likeness (QED) is 0.396. The first kappa shape index (κ1) is 8.90. The molecule has 0 radical (unpaired) electrons. The van der Waals surface area contributed by atoms with E-state index in [1.807, 2.05) is 0 Å². The van der Waals surface area contributed by atoms with E-state index in [1.54, 1.807) is 18.2 Å². The van der Waals surface area contributed by atoms with Crippen molar-refractivity contribution in [2.24, 2.45) is 5.16 Å². The molecule has 72 valence electrons. The van der Waals surface area contributed by atoms with Crippen molar-refractivity contribution >= 4 is 22.5 Å². The molecule has 0 unspecified atom stereocenters. The molecule has 0 aliphatic rings. The van der Waals surface area contributed by atoms with Gasteiger partial charge in [-0.3, -0.25) is 0 Å². The smallest absolute Gasteiger partial charge is 0.115 e. The average Bonchev–Trinajstić information content (AvgIpc) is 2.20. The van der Waals surface area contributed by atoms with E-state index >= 15 is 0 Å². The summed E-state index contributed by atoms with van der Waals surface area (Å²) in [4.78, 5) is 0. The van der Waals surface area contributed by atoms with Crippen LogP contribution in [-0.4, -0.2) is 15.1 Å². The van der Waals surface area contributed by atoms with Crippen molar-refractivity contribution in [3.05, 3.63) is 40.8 Å². The Labute approximate surface area is 84.2 Å². The van der Waals surface area contributed by atoms with Gasteiger partial charge in [-0.25, -0.2) is 0 Å². The number of fused-ring (bicyclic) bond motifs is 1. The molecule has 0 saturated heterocycles. The van der Waals surface area contributed by atoms with Crippen molar-refractivity contribution in [3.63, 3.8) is 0 Å². The number of halogens is 1. The Morgan fingerprint density at radius 1 is 1.29 bits per heavy atom. The summed E-state index contributed by atoms with van der Waals surface area (Å²) >= 11 is 5.92. The Hall–Kier alpha value is -1.68. The Bertz CT molecular complexity index is 548. The van der Waals surface area contributed by atoms with Crippen LogP contribution >= 0.6 is 11.6 Å². The van der Waals surface area contributed by atoms with Gasteiger partial charge in [0.2, 0.25) is 0 Å². The van der Waals surface area contributed by atoms with Gasteiger partial charge in [0.05, 0.1) is 10.5 Å². The molecule has 0 aliphatic carbocycles. The summed E-state index contributed by atoms with van der Waals surface area (Å²) in [7, 11) is 0. The minimum atomic E-state index is 0.330. The van der Waals surface area contributed by atoms with Crippen molar-refractivity contribution in [3.8, 4) is 0 Å². The third-order valence-corrected chi connectivity index (χ3v) is 2.29. The molecule has 0 fully saturated rings. The third-order valence-electron chi connectivity index (χ3n) is 1.98. The SMILES string of the molecule is ON=c1ccn(O)c2cccc(Cl)c12. The molecule has 0 saturated carbocycles. The molecule has 2 rings (SSSR count). The minimum absolute atomic E-state index is 0.330. The summed E-state index contributed by atoms with van der Waals surface area (Å²) in [6.07, 6.45) is 1.38. The van der Waals surface area contributed by atoms with Crippen molar-refractivity contribution in [1.82, 2.24) is 4.73 Å². The van der Waals surface area contributed by atoms with Gasteiger partial charge in [-0.1, -0.05) is 22.8 Å². The molecule has 0 bridgehead atoms. The number of benzene rings is 1. The summed E-state index contributed by atoms with van der Waals surface area (Å²) in [6, 6.07) is 6.52. The minimum Gasteiger partial charge on any atom is -0.428 e. The van der Waals surface area contributed by atoms with Crippen LogP contribution in [0.15, 0.2) is 35.6 Å². The molecule has 2 aromatic rings. The summed E-state index contributed by atoms with van der Waals surface area (Å²) in [5.74, 6) is 0. The first-order chi connectivity index (χ1) is 6.74. The summed E-state index contributed by atoms with van der Waals surface area (Å²) in [5, 5.41) is 22.5. The highest BCUT2D eigenvalue weighted by molar-refractivity contribution is 6.35. The van der Waals surface area contributed by atoms with Crippen molar-refractivity contribution in [2.75, 3.05) is 0 Å². The molecule has 0 spiro atoms. The lowest BCUT2D eigenvalue weighted by atomic mass is 10.2. The van der Waals surface area contributed by atoms with Crippen LogP contribution in [0.4, 0.5) is 0 Å². The highest BCUT2D eigenvalue weighted by Crippen LogP contribution is 2.18. The summed E-state index contributed by atoms with van der Waals surface area (Å²) < 4.78 is 0.926. The van der Waals surface area contributed by atoms with E-state index in [2.05, 4.69) is 5.16 Å². The van der Waals surface area contributed by atoms with Crippen LogP contribution in [0.2, 0.25) is 5.02 Å². The number of hydrogen-bond donors (Lipinski definition) is 2. The Balaban J connectivity index is 3.08. The van der Waals surface area contributed by atoms with E-state index < -0.39 is 0 Å². The van der Waals surface area contributed by atoms with Gasteiger partial charge in [0.25, 0.3) is 0 Å². The largest absolute Gasteiger partial charge is 0.428 e. The number of aromatic nitrogens is 1. The second-order valence-electron chi connectivity index (χ2n) is 2.78. The summed E-state index contributed by atoms with van der Waals surface area (Å²) in [5.41, 5.74) is 0.493. The number of rotatable bonds is 0. The van der Waals surface area contributed by atoms with Crippen molar-refractivity contribution in [2.45, 2.75) is 0 Å². The van der Waals surface area contributed by atoms with E-state index in [9.17, 15) is 5.21 Å². The third kappa shape index (κ3) is 1.20. The first-order valence-electron chi connectivity index (χ1n) is 3.91. The normalized spacial score (nSPS) is 12.2. The fraction of sp³-hybridized carbons (Fsp3) is 0. The zero-order valence-corrected chi connectivity index (χ0v) is 7.81. The van der Waals surface area contributed by atoms with Crippen LogP contribution in [0.5, 0.6) is 0 Å². The van der Waals surface area contributed by atoms with E-state index in [-0.39, 0.29) is 0 Å². The zero-order valence-electron chi connectivity index (χ0n) is 7.05. The van der Waals surface area contributed by atoms with Gasteiger partial charge in [-0.05, 0) is 18.2 Å². The van der Waals surface area contributed by atoms with Crippen LogP contribution < -0.4 is 5.36 Å². The monoisotopic (exact) mass is 210 g/mol. The molecule has 1 aromatic heterocycles. The van der Waals surface area contributed by atoms with Crippen molar-refractivity contribution < 1.29 is 10.4 Å². The molecule has 1 aromatic carbocycles. The maximum Gasteiger partial charge on any atom is 0.115 e. The molecule has 1 heterocycles. The van der Waals surface area contributed by atoms with E-state index in [0.717, 1.165) is 4.73 Å². The zero-order chi connectivity index (χ0) is 10.1. The van der Waals surface area contributed by atoms with Gasteiger partial charge in [0.15, 0.2) is 0 Å². The fourth-order valence-electron chi connectivity index (χ4n) is 1.35. The molecule has 0 atom stereocenters. The number of hydrogen-bond acceptors (Lipinski definition) is 3. The van der Waals surface area contributed by atoms with E-state index in [0.29, 0.717) is 21.3 Å². The number of nitrogens with zero attached hydrogens (tertiary/aromatic N) is 2. The predicted octanol–water partition coefficient (Wildman–Crippen LogP) is 1.82. The predicted molar refractivity (Wildman–Crippen MR) is 51.5 cm³/mol. The lowest BCUT2D eigenvalue weighted by molar-refractivity contribution is 0.197. The lowest BCUT2D eigenvalue weighted by Gasteiger charge is -2.04. The maximum atomic E-state index is 9.45. The molecule has 4 nitrogen and oxygen atoms in total. The lowest BCUT2D eigenvalue weighted by Crippen LogP contribution is -2.07. The summed E-state index contributed by atoms with van der Waals surface area (Å²) in [6.45, 7) is 0. The Morgan fingerprint density at radius 3 is 2.79 bits per heavy atom. The highest BCUT2D eigenvalue weighted by atomic mass is 35.5. The molecule has 0 aliphatic heterocycles. The van der Waals surface area contributed by atoms with Gasteiger partial charge in [-0.15, -0.1) is 0 Å². The Morgan fingerprint density at radius 2 is 2.07 bits per heavy atom. The van der Waals surface area contributed by atoms with Crippen LogP contribution in [0, 0.1) is 0 Å². The van der Waals surface area contributed by atoms with Gasteiger partial charge in [0, 0.05) is 11.6 Å². The molecule has 14 heavy (non-hydrogen) atoms. The van der Waals surface area contributed by atoms with Crippen LogP contribution in [0.25, 0.3) is 10.9 Å². The van der Waals surface area contributed by atoms with Crippen LogP contribution in [0.3, 0.4) is 0 Å². The van der Waals surface area contributed by atoms with Gasteiger partial charge < -0.3 is 10.4 Å². The number of pyridine rings is 1. The fourth-order valence-corrected chi connectivity index (χ4v) is 1.61. The molecule has 5 heteroatoms. The van der Waals surface area contributed by atoms with Crippen LogP contribution in [-0.2, 0) is 0 Å². The van der Waals surface area contributed by atoms with Gasteiger partial charge in [0.1, 0.15) is 5.36 Å². The topological polar surface area (TPSA) is 57.8 Å². The second kappa shape index (κ2) is 3.23. The first-order valence-corrected chi connectivity index (χ1v) is 4.29. The van der Waals surface area contributed by atoms with E-state index in [4.69, 9.17) is 16.8 Å². The molecule has 2 N–H and O–H groups in total. The van der Waals surface area contributed by atoms with Gasteiger partial charge in [-0.2, -0.15) is 4.73 Å². The maximum absolute atomic E-state index is 9.45. The molecule has 0 amide bonds. The van der Waals surface area contributed by atoms with Gasteiger partial charge >= 0.3 is 0 Å². The second-order valence-corrected chi connectivity index (χ2v) is 3.19. The highest BCUT2D eigenvalue weighted by Gasteiger charge is 2.04. The van der Waals surface area contributed by atoms with Crippen LogP contribution in [0.1, 0.15) is 0 Å². The van der Waals surface area contributed by atoms with Crippen molar-refractivity contribution in [1.29, 1.82) is 0 Å². The standard InChI is InChI=1S/C9H7ClN2O2/c10-6-2-1-3-8-9(6)7(11-13)4-5-12(8)14/h1-5,13-14H. The Kier molecular flexibility index (Phi) is 2.05. The molecular formula is C9H7ClN2O2.